The van der Waals surface area contributed by atoms with Crippen LogP contribution in [0.1, 0.15) is 21.5 Å². The fourth-order valence-corrected chi connectivity index (χ4v) is 2.62. The first-order chi connectivity index (χ1) is 14.2. The Morgan fingerprint density at radius 3 is 2.10 bits per heavy atom. The number of carboxylic acid groups (broad SMARTS) is 1. The van der Waals surface area contributed by atoms with Crippen molar-refractivity contribution in [2.75, 3.05) is 5.32 Å². The molecule has 2 N–H and O–H groups in total. The molecule has 0 saturated carbocycles. The highest BCUT2D eigenvalue weighted by atomic mass is 19.4. The minimum atomic E-state index is -4.75. The molecule has 0 aliphatic carbocycles. The second kappa shape index (κ2) is 8.69. The molecule has 0 heterocycles. The topological polar surface area (TPSA) is 58.6 Å². The number of hydrogen-bond acceptors (Lipinski definition) is 3. The zero-order valence-electron chi connectivity index (χ0n) is 15.3. The molecule has 0 atom stereocenters. The van der Waals surface area contributed by atoms with Crippen molar-refractivity contribution in [1.82, 2.24) is 0 Å². The number of alkyl halides is 3. The van der Waals surface area contributed by atoms with Crippen LogP contribution >= 0.6 is 0 Å². The van der Waals surface area contributed by atoms with Gasteiger partial charge in [-0.25, -0.2) is 9.18 Å². The summed E-state index contributed by atoms with van der Waals surface area (Å²) in [5.41, 5.74) is 2.13. The van der Waals surface area contributed by atoms with Crippen LogP contribution in [0, 0.1) is 5.82 Å². The predicted molar refractivity (Wildman–Crippen MR) is 105 cm³/mol. The molecule has 0 amide bonds. The van der Waals surface area contributed by atoms with Gasteiger partial charge in [0.25, 0.3) is 0 Å². The zero-order valence-corrected chi connectivity index (χ0v) is 15.3. The third kappa shape index (κ3) is 5.84. The van der Waals surface area contributed by atoms with Gasteiger partial charge in [-0.05, 0) is 59.7 Å². The summed E-state index contributed by atoms with van der Waals surface area (Å²) < 4.78 is 53.5. The summed E-state index contributed by atoms with van der Waals surface area (Å²) in [6.07, 6.45) is -1.41. The fourth-order valence-electron chi connectivity index (χ4n) is 2.62. The highest BCUT2D eigenvalue weighted by Gasteiger charge is 2.30. The average molecular weight is 417 g/mol. The van der Waals surface area contributed by atoms with Crippen molar-refractivity contribution < 1.29 is 32.2 Å². The van der Waals surface area contributed by atoms with Gasteiger partial charge in [0, 0.05) is 5.69 Å². The number of halogens is 4. The fraction of sp³-hybridized carbons (Fsp3) is 0.0455. The predicted octanol–water partition coefficient (Wildman–Crippen LogP) is 6.34. The molecule has 0 fully saturated rings. The standard InChI is InChI=1S/C22H15F4NO3/c23-16-6-8-17(9-7-16)27-20-13-15(5-12-19(20)21(28)29)2-1-14-3-10-18(11-4-14)30-22(24,25)26/h1-13,27H,(H,28,29)/b2-1+. The van der Waals surface area contributed by atoms with Gasteiger partial charge >= 0.3 is 12.3 Å². The largest absolute Gasteiger partial charge is 0.573 e. The summed E-state index contributed by atoms with van der Waals surface area (Å²) in [4.78, 5) is 11.5. The molecule has 0 aromatic heterocycles. The van der Waals surface area contributed by atoms with E-state index in [1.807, 2.05) is 0 Å². The Bertz CT molecular complexity index is 1060. The van der Waals surface area contributed by atoms with Gasteiger partial charge in [-0.1, -0.05) is 30.4 Å². The van der Waals surface area contributed by atoms with E-state index in [-0.39, 0.29) is 11.3 Å². The summed E-state index contributed by atoms with van der Waals surface area (Å²) in [5, 5.41) is 12.3. The van der Waals surface area contributed by atoms with Gasteiger partial charge in [0.15, 0.2) is 0 Å². The number of anilines is 2. The SMILES string of the molecule is O=C(O)c1ccc(/C=C/c2ccc(OC(F)(F)F)cc2)cc1Nc1ccc(F)cc1. The molecule has 8 heteroatoms. The number of rotatable bonds is 6. The molecule has 0 saturated heterocycles. The quantitative estimate of drug-likeness (QED) is 0.363. The molecule has 0 radical (unpaired) electrons. The molecule has 3 aromatic carbocycles. The molecule has 0 aliphatic heterocycles. The Labute approximate surface area is 169 Å². The van der Waals surface area contributed by atoms with Crippen molar-refractivity contribution in [3.63, 3.8) is 0 Å². The molecule has 0 bridgehead atoms. The smallest absolute Gasteiger partial charge is 0.478 e. The van der Waals surface area contributed by atoms with E-state index in [4.69, 9.17) is 0 Å². The van der Waals surface area contributed by atoms with Gasteiger partial charge in [-0.2, -0.15) is 0 Å². The lowest BCUT2D eigenvalue weighted by molar-refractivity contribution is -0.274. The van der Waals surface area contributed by atoms with E-state index >= 15 is 0 Å². The van der Waals surface area contributed by atoms with Crippen molar-refractivity contribution in [2.24, 2.45) is 0 Å². The van der Waals surface area contributed by atoms with Crippen LogP contribution in [0.4, 0.5) is 28.9 Å². The lowest BCUT2D eigenvalue weighted by atomic mass is 10.1. The molecular weight excluding hydrogens is 402 g/mol. The lowest BCUT2D eigenvalue weighted by Gasteiger charge is -2.11. The molecule has 0 aliphatic rings. The van der Waals surface area contributed by atoms with Crippen molar-refractivity contribution in [3.05, 3.63) is 89.2 Å². The maximum atomic E-state index is 13.1. The van der Waals surface area contributed by atoms with Crippen molar-refractivity contribution >= 4 is 29.5 Å². The van der Waals surface area contributed by atoms with Crippen molar-refractivity contribution in [3.8, 4) is 5.75 Å². The van der Waals surface area contributed by atoms with Crippen LogP contribution in [-0.4, -0.2) is 17.4 Å². The van der Waals surface area contributed by atoms with Crippen LogP contribution in [0.25, 0.3) is 12.2 Å². The Morgan fingerprint density at radius 2 is 1.50 bits per heavy atom. The maximum Gasteiger partial charge on any atom is 0.573 e. The number of aromatic carboxylic acids is 1. The minimum Gasteiger partial charge on any atom is -0.478 e. The van der Waals surface area contributed by atoms with Gasteiger partial charge < -0.3 is 15.2 Å². The third-order valence-electron chi connectivity index (χ3n) is 3.98. The molecule has 0 spiro atoms. The number of carbonyl (C=O) groups is 1. The number of hydrogen-bond donors (Lipinski definition) is 2. The number of nitrogens with one attached hydrogen (secondary N) is 1. The third-order valence-corrected chi connectivity index (χ3v) is 3.98. The number of carboxylic acids is 1. The number of benzene rings is 3. The van der Waals surface area contributed by atoms with Crippen LogP contribution < -0.4 is 10.1 Å². The van der Waals surface area contributed by atoms with Crippen molar-refractivity contribution in [2.45, 2.75) is 6.36 Å². The minimum absolute atomic E-state index is 0.0325. The first kappa shape index (κ1) is 20.9. The van der Waals surface area contributed by atoms with E-state index in [1.165, 1.54) is 54.6 Å². The average Bonchev–Trinajstić information content (AvgIpc) is 2.68. The molecule has 3 rings (SSSR count). The summed E-state index contributed by atoms with van der Waals surface area (Å²) in [6.45, 7) is 0. The molecular formula is C22H15F4NO3. The molecule has 3 aromatic rings. The van der Waals surface area contributed by atoms with Gasteiger partial charge in [-0.3, -0.25) is 0 Å². The van der Waals surface area contributed by atoms with E-state index < -0.39 is 18.1 Å². The first-order valence-corrected chi connectivity index (χ1v) is 8.63. The maximum absolute atomic E-state index is 13.1. The second-order valence-electron chi connectivity index (χ2n) is 6.19. The summed E-state index contributed by atoms with van der Waals surface area (Å²) in [7, 11) is 0. The molecule has 30 heavy (non-hydrogen) atoms. The van der Waals surface area contributed by atoms with Crippen molar-refractivity contribution in [1.29, 1.82) is 0 Å². The monoisotopic (exact) mass is 417 g/mol. The zero-order chi connectivity index (χ0) is 21.7. The Balaban J connectivity index is 1.80. The van der Waals surface area contributed by atoms with E-state index in [0.717, 1.165) is 0 Å². The van der Waals surface area contributed by atoms with Gasteiger partial charge in [0.1, 0.15) is 11.6 Å². The number of ether oxygens (including phenoxy) is 1. The Hall–Kier alpha value is -3.81. The Morgan fingerprint density at radius 1 is 0.900 bits per heavy atom. The van der Waals surface area contributed by atoms with Crippen LogP contribution in [0.2, 0.25) is 0 Å². The summed E-state index contributed by atoms with van der Waals surface area (Å²) in [6, 6.07) is 15.4. The summed E-state index contributed by atoms with van der Waals surface area (Å²) in [5.74, 6) is -1.87. The highest BCUT2D eigenvalue weighted by Crippen LogP contribution is 2.25. The first-order valence-electron chi connectivity index (χ1n) is 8.63. The van der Waals surface area contributed by atoms with Gasteiger partial charge in [-0.15, -0.1) is 13.2 Å². The van der Waals surface area contributed by atoms with E-state index in [9.17, 15) is 27.5 Å². The van der Waals surface area contributed by atoms with Crippen LogP contribution in [0.5, 0.6) is 5.75 Å². The van der Waals surface area contributed by atoms with Gasteiger partial charge in [0.05, 0.1) is 11.3 Å². The summed E-state index contributed by atoms with van der Waals surface area (Å²) >= 11 is 0. The Kier molecular flexibility index (Phi) is 6.06. The molecule has 0 unspecified atom stereocenters. The normalized spacial score (nSPS) is 11.5. The molecule has 4 nitrogen and oxygen atoms in total. The van der Waals surface area contributed by atoms with E-state index in [1.54, 1.807) is 24.3 Å². The highest BCUT2D eigenvalue weighted by molar-refractivity contribution is 5.96. The second-order valence-corrected chi connectivity index (χ2v) is 6.19. The lowest BCUT2D eigenvalue weighted by Crippen LogP contribution is -2.16. The molecule has 154 valence electrons. The van der Waals surface area contributed by atoms with Crippen LogP contribution in [0.3, 0.4) is 0 Å². The van der Waals surface area contributed by atoms with Gasteiger partial charge in [0.2, 0.25) is 0 Å². The van der Waals surface area contributed by atoms with E-state index in [2.05, 4.69) is 10.1 Å². The van der Waals surface area contributed by atoms with Crippen LogP contribution in [0.15, 0.2) is 66.7 Å². The van der Waals surface area contributed by atoms with Crippen LogP contribution in [-0.2, 0) is 0 Å². The van der Waals surface area contributed by atoms with E-state index in [0.29, 0.717) is 22.5 Å².